The highest BCUT2D eigenvalue weighted by atomic mass is 35.5. The van der Waals surface area contributed by atoms with Gasteiger partial charge in [0.15, 0.2) is 12.4 Å². The lowest BCUT2D eigenvalue weighted by molar-refractivity contribution is -0.175. The quantitative estimate of drug-likeness (QED) is 0.565. The van der Waals surface area contributed by atoms with Crippen molar-refractivity contribution in [3.8, 4) is 0 Å². The Morgan fingerprint density at radius 1 is 1.12 bits per heavy atom. The van der Waals surface area contributed by atoms with Gasteiger partial charge in [-0.2, -0.15) is 0 Å². The Labute approximate surface area is 197 Å². The summed E-state index contributed by atoms with van der Waals surface area (Å²) in [6, 6.07) is 10.6. The van der Waals surface area contributed by atoms with Crippen LogP contribution in [0.2, 0.25) is 10.0 Å². The minimum Gasteiger partial charge on any atom is -0.455 e. The molecule has 5 nitrogen and oxygen atoms in total. The number of esters is 1. The fourth-order valence-electron chi connectivity index (χ4n) is 6.73. The van der Waals surface area contributed by atoms with E-state index in [2.05, 4.69) is 34.6 Å². The van der Waals surface area contributed by atoms with E-state index in [9.17, 15) is 9.59 Å². The predicted octanol–water partition coefficient (Wildman–Crippen LogP) is 5.72. The van der Waals surface area contributed by atoms with Gasteiger partial charge >= 0.3 is 5.97 Å². The highest BCUT2D eigenvalue weighted by Gasteiger charge is 2.61. The first-order chi connectivity index (χ1) is 15.3. The number of ether oxygens (including phenoxy) is 1. The summed E-state index contributed by atoms with van der Waals surface area (Å²) in [5, 5.41) is 3.33. The van der Waals surface area contributed by atoms with Crippen molar-refractivity contribution in [3.63, 3.8) is 0 Å². The number of aromatic nitrogens is 1. The summed E-state index contributed by atoms with van der Waals surface area (Å²) < 4.78 is 5.59. The molecule has 6 rings (SSSR count). The van der Waals surface area contributed by atoms with E-state index in [0.29, 0.717) is 22.4 Å². The lowest BCUT2D eigenvalue weighted by Crippen LogP contribution is -2.57. The molecule has 0 radical (unpaired) electrons. The van der Waals surface area contributed by atoms with Gasteiger partial charge in [-0.15, -0.1) is 0 Å². The average molecular weight is 473 g/mol. The van der Waals surface area contributed by atoms with Gasteiger partial charge in [0.25, 0.3) is 5.91 Å². The van der Waals surface area contributed by atoms with Crippen LogP contribution in [0.5, 0.6) is 0 Å². The SMILES string of the molecule is Cc1c(Cl)cnc(NC(=O)COC(=O)C23C[C@H]4C[C@H](C2)CC(c2ccccc2)(C4)C3)c1Cl. The zero-order valence-corrected chi connectivity index (χ0v) is 19.5. The zero-order chi connectivity index (χ0) is 22.5. The van der Waals surface area contributed by atoms with E-state index in [-0.39, 0.29) is 28.8 Å². The fourth-order valence-corrected chi connectivity index (χ4v) is 7.12. The lowest BCUT2D eigenvalue weighted by Gasteiger charge is -2.61. The van der Waals surface area contributed by atoms with E-state index in [1.165, 1.54) is 18.2 Å². The van der Waals surface area contributed by atoms with Gasteiger partial charge in [0, 0.05) is 6.20 Å². The zero-order valence-electron chi connectivity index (χ0n) is 18.0. The summed E-state index contributed by atoms with van der Waals surface area (Å²) in [4.78, 5) is 29.9. The molecule has 7 heteroatoms. The van der Waals surface area contributed by atoms with Gasteiger partial charge in [-0.05, 0) is 73.8 Å². The van der Waals surface area contributed by atoms with Crippen molar-refractivity contribution in [3.05, 3.63) is 57.7 Å². The number of pyridine rings is 1. The Kier molecular flexibility index (Phi) is 5.45. The van der Waals surface area contributed by atoms with E-state index in [1.807, 2.05) is 6.07 Å². The molecule has 1 aromatic carbocycles. The monoisotopic (exact) mass is 472 g/mol. The van der Waals surface area contributed by atoms with E-state index < -0.39 is 11.3 Å². The first-order valence-electron chi connectivity index (χ1n) is 11.1. The van der Waals surface area contributed by atoms with E-state index in [1.54, 1.807) is 6.92 Å². The molecule has 4 aliphatic rings. The molecule has 4 saturated carbocycles. The normalized spacial score (nSPS) is 30.2. The first-order valence-corrected chi connectivity index (χ1v) is 11.9. The molecule has 1 amide bonds. The highest BCUT2D eigenvalue weighted by molar-refractivity contribution is 6.37. The van der Waals surface area contributed by atoms with Crippen molar-refractivity contribution in [2.24, 2.45) is 17.3 Å². The van der Waals surface area contributed by atoms with Gasteiger partial charge in [0.05, 0.1) is 15.5 Å². The van der Waals surface area contributed by atoms with Crippen LogP contribution in [0.4, 0.5) is 5.82 Å². The number of carbonyl (C=O) groups excluding carboxylic acids is 2. The molecule has 4 aliphatic carbocycles. The van der Waals surface area contributed by atoms with Crippen LogP contribution in [0.3, 0.4) is 0 Å². The van der Waals surface area contributed by atoms with Crippen molar-refractivity contribution >= 4 is 40.9 Å². The molecule has 0 saturated heterocycles. The molecule has 0 unspecified atom stereocenters. The summed E-state index contributed by atoms with van der Waals surface area (Å²) in [7, 11) is 0. The Bertz CT molecular complexity index is 1060. The van der Waals surface area contributed by atoms with Crippen molar-refractivity contribution < 1.29 is 14.3 Å². The Hall–Kier alpha value is -2.11. The van der Waals surface area contributed by atoms with Crippen molar-refractivity contribution in [2.45, 2.75) is 50.9 Å². The minimum atomic E-state index is -0.493. The molecule has 1 heterocycles. The van der Waals surface area contributed by atoms with Crippen LogP contribution in [0.15, 0.2) is 36.5 Å². The maximum absolute atomic E-state index is 13.3. The minimum absolute atomic E-state index is 0.0465. The predicted molar refractivity (Wildman–Crippen MR) is 124 cm³/mol. The Morgan fingerprint density at radius 2 is 1.81 bits per heavy atom. The third-order valence-electron chi connectivity index (χ3n) is 7.67. The molecule has 1 aromatic heterocycles. The summed E-state index contributed by atoms with van der Waals surface area (Å²) >= 11 is 12.2. The number of nitrogens with zero attached hydrogens (tertiary/aromatic N) is 1. The van der Waals surface area contributed by atoms with Gasteiger partial charge in [0.1, 0.15) is 0 Å². The molecule has 0 aliphatic heterocycles. The second kappa shape index (κ2) is 8.03. The fraction of sp³-hybridized carbons (Fsp3) is 0.480. The van der Waals surface area contributed by atoms with Gasteiger partial charge in [-0.3, -0.25) is 9.59 Å². The number of halogens is 2. The van der Waals surface area contributed by atoms with Crippen molar-refractivity contribution in [2.75, 3.05) is 11.9 Å². The molecule has 0 spiro atoms. The van der Waals surface area contributed by atoms with Crippen LogP contribution in [0.25, 0.3) is 0 Å². The van der Waals surface area contributed by atoms with Crippen LogP contribution >= 0.6 is 23.2 Å². The second-order valence-corrected chi connectivity index (χ2v) is 10.7. The molecular weight excluding hydrogens is 447 g/mol. The third-order valence-corrected chi connectivity index (χ3v) is 8.52. The van der Waals surface area contributed by atoms with Gasteiger partial charge in [-0.25, -0.2) is 4.98 Å². The molecule has 4 fully saturated rings. The van der Waals surface area contributed by atoms with E-state index in [0.717, 1.165) is 32.1 Å². The summed E-state index contributed by atoms with van der Waals surface area (Å²) in [5.74, 6) is 0.591. The molecule has 168 valence electrons. The van der Waals surface area contributed by atoms with Crippen LogP contribution in [0.1, 0.15) is 49.7 Å². The number of nitrogens with one attached hydrogen (secondary N) is 1. The molecular formula is C25H26Cl2N2O3. The molecule has 4 bridgehead atoms. The third kappa shape index (κ3) is 3.69. The van der Waals surface area contributed by atoms with Crippen molar-refractivity contribution in [1.29, 1.82) is 0 Å². The summed E-state index contributed by atoms with van der Waals surface area (Å²) in [6.45, 7) is 1.39. The van der Waals surface area contributed by atoms with Crippen molar-refractivity contribution in [1.82, 2.24) is 4.98 Å². The summed E-state index contributed by atoms with van der Waals surface area (Å²) in [5.41, 5.74) is 1.52. The number of hydrogen-bond donors (Lipinski definition) is 1. The topological polar surface area (TPSA) is 68.3 Å². The summed E-state index contributed by atoms with van der Waals surface area (Å²) in [6.07, 6.45) is 7.45. The van der Waals surface area contributed by atoms with Gasteiger partial charge in [0.2, 0.25) is 0 Å². The van der Waals surface area contributed by atoms with Gasteiger partial charge in [-0.1, -0.05) is 53.5 Å². The van der Waals surface area contributed by atoms with Crippen LogP contribution in [0, 0.1) is 24.2 Å². The lowest BCUT2D eigenvalue weighted by atomic mass is 9.43. The number of hydrogen-bond acceptors (Lipinski definition) is 4. The van der Waals surface area contributed by atoms with Crippen LogP contribution in [-0.2, 0) is 19.7 Å². The van der Waals surface area contributed by atoms with Crippen LogP contribution in [-0.4, -0.2) is 23.5 Å². The average Bonchev–Trinajstić information content (AvgIpc) is 2.77. The Balaban J connectivity index is 1.29. The largest absolute Gasteiger partial charge is 0.455 e. The maximum atomic E-state index is 13.3. The smallest absolute Gasteiger partial charge is 0.312 e. The second-order valence-electron chi connectivity index (χ2n) is 9.91. The molecule has 32 heavy (non-hydrogen) atoms. The Morgan fingerprint density at radius 3 is 2.50 bits per heavy atom. The van der Waals surface area contributed by atoms with Gasteiger partial charge < -0.3 is 10.1 Å². The number of benzene rings is 1. The van der Waals surface area contributed by atoms with E-state index in [4.69, 9.17) is 27.9 Å². The number of anilines is 1. The standard InChI is InChI=1S/C25H26Cl2N2O3/c1-15-19(26)12-28-22(21(15)27)29-20(30)13-32-23(31)25-10-16-7-17(11-25)9-24(8-16,14-25)18-5-3-2-4-6-18/h2-6,12,16-17H,7-11,13-14H2,1H3,(H,28,29,30)/t16-,17-,24?,25?/m0/s1. The highest BCUT2D eigenvalue weighted by Crippen LogP contribution is 2.66. The number of rotatable bonds is 5. The number of carbonyl (C=O) groups is 2. The molecule has 2 aromatic rings. The maximum Gasteiger partial charge on any atom is 0.312 e. The first kappa shape index (κ1) is 21.7. The molecule has 1 N–H and O–H groups in total. The van der Waals surface area contributed by atoms with E-state index >= 15 is 0 Å². The number of amides is 1. The molecule has 2 atom stereocenters. The van der Waals surface area contributed by atoms with Crippen LogP contribution < -0.4 is 5.32 Å².